The molecule has 1 saturated heterocycles. The molecule has 0 bridgehead atoms. The Morgan fingerprint density at radius 1 is 1.33 bits per heavy atom. The van der Waals surface area contributed by atoms with E-state index in [1.165, 1.54) is 0 Å². The Morgan fingerprint density at radius 3 is 2.44 bits per heavy atom. The van der Waals surface area contributed by atoms with Gasteiger partial charge in [0.05, 0.1) is 6.54 Å². The summed E-state index contributed by atoms with van der Waals surface area (Å²) in [4.78, 5) is 14.4. The predicted molar refractivity (Wildman–Crippen MR) is 75.7 cm³/mol. The molecule has 0 spiro atoms. The SMILES string of the molecule is CCCN(CC(=O)NC(C)(C)C)C1CCNCC1. The molecular formula is C14H29N3O. The van der Waals surface area contributed by atoms with E-state index in [0.29, 0.717) is 12.6 Å². The lowest BCUT2D eigenvalue weighted by Crippen LogP contribution is -2.50. The number of nitrogens with one attached hydrogen (secondary N) is 2. The highest BCUT2D eigenvalue weighted by molar-refractivity contribution is 5.78. The van der Waals surface area contributed by atoms with Crippen molar-refractivity contribution in [3.05, 3.63) is 0 Å². The topological polar surface area (TPSA) is 44.4 Å². The summed E-state index contributed by atoms with van der Waals surface area (Å²) in [6, 6.07) is 0.567. The number of rotatable bonds is 5. The molecule has 4 nitrogen and oxygen atoms in total. The molecule has 2 N–H and O–H groups in total. The van der Waals surface area contributed by atoms with Crippen LogP contribution in [0, 0.1) is 0 Å². The number of piperidine rings is 1. The van der Waals surface area contributed by atoms with Crippen LogP contribution in [0.5, 0.6) is 0 Å². The summed E-state index contributed by atoms with van der Waals surface area (Å²) < 4.78 is 0. The number of amides is 1. The minimum Gasteiger partial charge on any atom is -0.350 e. The first-order chi connectivity index (χ1) is 8.42. The van der Waals surface area contributed by atoms with Crippen molar-refractivity contribution in [3.63, 3.8) is 0 Å². The number of hydrogen-bond acceptors (Lipinski definition) is 3. The summed E-state index contributed by atoms with van der Waals surface area (Å²) in [6.07, 6.45) is 3.42. The van der Waals surface area contributed by atoms with Gasteiger partial charge in [0.2, 0.25) is 5.91 Å². The summed E-state index contributed by atoms with van der Waals surface area (Å²) in [5, 5.41) is 6.43. The normalized spacial score (nSPS) is 18.1. The smallest absolute Gasteiger partial charge is 0.234 e. The van der Waals surface area contributed by atoms with Gasteiger partial charge in [-0.15, -0.1) is 0 Å². The fraction of sp³-hybridized carbons (Fsp3) is 0.929. The quantitative estimate of drug-likeness (QED) is 0.780. The van der Waals surface area contributed by atoms with Crippen molar-refractivity contribution in [3.8, 4) is 0 Å². The van der Waals surface area contributed by atoms with E-state index < -0.39 is 0 Å². The van der Waals surface area contributed by atoms with Gasteiger partial charge in [0.25, 0.3) is 0 Å². The third-order valence-corrected chi connectivity index (χ3v) is 3.20. The summed E-state index contributed by atoms with van der Waals surface area (Å²) in [5.74, 6) is 0.148. The molecule has 0 aromatic heterocycles. The molecule has 1 fully saturated rings. The average Bonchev–Trinajstić information content (AvgIpc) is 2.27. The molecule has 0 aliphatic carbocycles. The Balaban J connectivity index is 2.48. The standard InChI is InChI=1S/C14H29N3O/c1-5-10-17(12-6-8-15-9-7-12)11-13(18)16-14(2,3)4/h12,15H,5-11H2,1-4H3,(H,16,18). The Morgan fingerprint density at radius 2 is 1.94 bits per heavy atom. The molecule has 0 unspecified atom stereocenters. The fourth-order valence-electron chi connectivity index (χ4n) is 2.49. The maximum Gasteiger partial charge on any atom is 0.234 e. The van der Waals surface area contributed by atoms with Crippen LogP contribution < -0.4 is 10.6 Å². The van der Waals surface area contributed by atoms with Crippen LogP contribution in [0.25, 0.3) is 0 Å². The Hall–Kier alpha value is -0.610. The molecule has 1 heterocycles. The first-order valence-electron chi connectivity index (χ1n) is 7.18. The maximum atomic E-state index is 12.0. The van der Waals surface area contributed by atoms with E-state index in [1.807, 2.05) is 20.8 Å². The third kappa shape index (κ3) is 5.83. The molecule has 0 radical (unpaired) electrons. The number of carbonyl (C=O) groups excluding carboxylic acids is 1. The molecule has 1 rings (SSSR count). The zero-order valence-electron chi connectivity index (χ0n) is 12.4. The van der Waals surface area contributed by atoms with Gasteiger partial charge in [-0.3, -0.25) is 9.69 Å². The summed E-state index contributed by atoms with van der Waals surface area (Å²) in [5.41, 5.74) is -0.136. The van der Waals surface area contributed by atoms with Crippen LogP contribution in [0.1, 0.15) is 47.0 Å². The monoisotopic (exact) mass is 255 g/mol. The van der Waals surface area contributed by atoms with Crippen LogP contribution in [0.2, 0.25) is 0 Å². The lowest BCUT2D eigenvalue weighted by atomic mass is 10.0. The minimum absolute atomic E-state index is 0.136. The van der Waals surface area contributed by atoms with Crippen LogP contribution in [-0.2, 0) is 4.79 Å². The predicted octanol–water partition coefficient (Wildman–Crippen LogP) is 1.37. The lowest BCUT2D eigenvalue weighted by Gasteiger charge is -2.34. The highest BCUT2D eigenvalue weighted by Gasteiger charge is 2.23. The van der Waals surface area contributed by atoms with Gasteiger partial charge in [-0.2, -0.15) is 0 Å². The lowest BCUT2D eigenvalue weighted by molar-refractivity contribution is -0.124. The van der Waals surface area contributed by atoms with Gasteiger partial charge in [-0.25, -0.2) is 0 Å². The zero-order chi connectivity index (χ0) is 13.6. The Bertz CT molecular complexity index is 254. The highest BCUT2D eigenvalue weighted by Crippen LogP contribution is 2.12. The molecule has 0 aromatic rings. The molecule has 4 heteroatoms. The highest BCUT2D eigenvalue weighted by atomic mass is 16.2. The molecule has 0 atom stereocenters. The van der Waals surface area contributed by atoms with E-state index in [2.05, 4.69) is 22.5 Å². The first-order valence-corrected chi connectivity index (χ1v) is 7.18. The van der Waals surface area contributed by atoms with E-state index in [0.717, 1.165) is 38.9 Å². The molecule has 1 aliphatic heterocycles. The molecule has 1 aliphatic rings. The van der Waals surface area contributed by atoms with Crippen LogP contribution in [-0.4, -0.2) is 48.6 Å². The van der Waals surface area contributed by atoms with Gasteiger partial charge >= 0.3 is 0 Å². The summed E-state index contributed by atoms with van der Waals surface area (Å²) in [7, 11) is 0. The van der Waals surface area contributed by atoms with Gasteiger partial charge in [-0.1, -0.05) is 6.92 Å². The third-order valence-electron chi connectivity index (χ3n) is 3.20. The molecular weight excluding hydrogens is 226 g/mol. The van der Waals surface area contributed by atoms with E-state index in [1.54, 1.807) is 0 Å². The largest absolute Gasteiger partial charge is 0.350 e. The number of hydrogen-bond donors (Lipinski definition) is 2. The van der Waals surface area contributed by atoms with E-state index in [4.69, 9.17) is 0 Å². The van der Waals surface area contributed by atoms with Gasteiger partial charge < -0.3 is 10.6 Å². The van der Waals surface area contributed by atoms with Crippen molar-refractivity contribution in [1.29, 1.82) is 0 Å². The van der Waals surface area contributed by atoms with Crippen LogP contribution in [0.3, 0.4) is 0 Å². The van der Waals surface area contributed by atoms with Crippen LogP contribution >= 0.6 is 0 Å². The molecule has 0 saturated carbocycles. The summed E-state index contributed by atoms with van der Waals surface area (Å²) >= 11 is 0. The summed E-state index contributed by atoms with van der Waals surface area (Å²) in [6.45, 7) is 12.0. The van der Waals surface area contributed by atoms with Crippen LogP contribution in [0.15, 0.2) is 0 Å². The van der Waals surface area contributed by atoms with Gasteiger partial charge in [0, 0.05) is 11.6 Å². The van der Waals surface area contributed by atoms with Crippen LogP contribution in [0.4, 0.5) is 0 Å². The van der Waals surface area contributed by atoms with Crippen molar-refractivity contribution in [1.82, 2.24) is 15.5 Å². The molecule has 0 aromatic carbocycles. The molecule has 1 amide bonds. The molecule has 18 heavy (non-hydrogen) atoms. The Kier molecular flexibility index (Phi) is 6.09. The zero-order valence-corrected chi connectivity index (χ0v) is 12.4. The van der Waals surface area contributed by atoms with Gasteiger partial charge in [0.15, 0.2) is 0 Å². The van der Waals surface area contributed by atoms with E-state index in [9.17, 15) is 4.79 Å². The second-order valence-electron chi connectivity index (χ2n) is 6.25. The second kappa shape index (κ2) is 7.10. The van der Waals surface area contributed by atoms with Crippen molar-refractivity contribution in [2.24, 2.45) is 0 Å². The first kappa shape index (κ1) is 15.4. The van der Waals surface area contributed by atoms with Crippen molar-refractivity contribution in [2.45, 2.75) is 58.5 Å². The average molecular weight is 255 g/mol. The minimum atomic E-state index is -0.136. The maximum absolute atomic E-state index is 12.0. The van der Waals surface area contributed by atoms with Gasteiger partial charge in [-0.05, 0) is 59.7 Å². The van der Waals surface area contributed by atoms with E-state index in [-0.39, 0.29) is 11.4 Å². The van der Waals surface area contributed by atoms with Crippen molar-refractivity contribution < 1.29 is 4.79 Å². The second-order valence-corrected chi connectivity index (χ2v) is 6.25. The Labute approximate surface area is 111 Å². The number of nitrogens with zero attached hydrogens (tertiary/aromatic N) is 1. The van der Waals surface area contributed by atoms with E-state index >= 15 is 0 Å². The number of carbonyl (C=O) groups is 1. The van der Waals surface area contributed by atoms with Gasteiger partial charge in [0.1, 0.15) is 0 Å². The van der Waals surface area contributed by atoms with Crippen molar-refractivity contribution in [2.75, 3.05) is 26.2 Å². The fourth-order valence-corrected chi connectivity index (χ4v) is 2.49. The van der Waals surface area contributed by atoms with Crippen molar-refractivity contribution >= 4 is 5.91 Å². The molecule has 106 valence electrons.